The Kier molecular flexibility index (Phi) is 3.74. The summed E-state index contributed by atoms with van der Waals surface area (Å²) < 4.78 is 5.72. The van der Waals surface area contributed by atoms with Crippen LogP contribution in [0.2, 0.25) is 0 Å². The van der Waals surface area contributed by atoms with Gasteiger partial charge in [0, 0.05) is 0 Å². The lowest BCUT2D eigenvalue weighted by Crippen LogP contribution is -2.03. The monoisotopic (exact) mass is 272 g/mol. The molecule has 0 aliphatic heterocycles. The molecule has 0 aromatic heterocycles. The summed E-state index contributed by atoms with van der Waals surface area (Å²) in [6.45, 7) is 4.03. The quantitative estimate of drug-likeness (QED) is 0.919. The second-order valence-electron chi connectivity index (χ2n) is 3.54. The van der Waals surface area contributed by atoms with E-state index in [0.29, 0.717) is 10.2 Å². The fourth-order valence-electron chi connectivity index (χ4n) is 1.31. The molecule has 1 rings (SSSR count). The molecule has 3 nitrogen and oxygen atoms in total. The summed E-state index contributed by atoms with van der Waals surface area (Å²) in [4.78, 5) is 11.0. The van der Waals surface area contributed by atoms with Crippen LogP contribution in [0.4, 0.5) is 0 Å². The van der Waals surface area contributed by atoms with Crippen LogP contribution in [0.15, 0.2) is 16.6 Å². The first-order valence-electron chi connectivity index (χ1n) is 4.58. The number of ether oxygens (including phenoxy) is 1. The number of hydrogen-bond acceptors (Lipinski definition) is 2. The van der Waals surface area contributed by atoms with Gasteiger partial charge in [-0.15, -0.1) is 0 Å². The van der Waals surface area contributed by atoms with E-state index in [-0.39, 0.29) is 11.5 Å². The van der Waals surface area contributed by atoms with E-state index in [1.807, 2.05) is 19.9 Å². The highest BCUT2D eigenvalue weighted by molar-refractivity contribution is 9.10. The summed E-state index contributed by atoms with van der Waals surface area (Å²) >= 11 is 3.31. The van der Waals surface area contributed by atoms with Crippen molar-refractivity contribution in [2.75, 3.05) is 7.11 Å². The molecule has 0 saturated carbocycles. The lowest BCUT2D eigenvalue weighted by atomic mass is 10.0. The summed E-state index contributed by atoms with van der Waals surface area (Å²) in [5.74, 6) is -0.327. The number of carboxylic acid groups (broad SMARTS) is 1. The van der Waals surface area contributed by atoms with Gasteiger partial charge < -0.3 is 9.84 Å². The van der Waals surface area contributed by atoms with Crippen LogP contribution < -0.4 is 4.74 Å². The van der Waals surface area contributed by atoms with Crippen LogP contribution in [0.3, 0.4) is 0 Å². The van der Waals surface area contributed by atoms with Gasteiger partial charge in [-0.1, -0.05) is 13.8 Å². The van der Waals surface area contributed by atoms with Crippen LogP contribution in [0.5, 0.6) is 5.75 Å². The number of benzene rings is 1. The van der Waals surface area contributed by atoms with Gasteiger partial charge in [-0.05, 0) is 39.5 Å². The molecule has 0 heterocycles. The van der Waals surface area contributed by atoms with Crippen LogP contribution in [-0.2, 0) is 0 Å². The van der Waals surface area contributed by atoms with Crippen molar-refractivity contribution in [1.29, 1.82) is 0 Å². The minimum Gasteiger partial charge on any atom is -0.495 e. The second-order valence-corrected chi connectivity index (χ2v) is 4.40. The number of rotatable bonds is 3. The highest BCUT2D eigenvalue weighted by Gasteiger charge is 2.16. The third-order valence-electron chi connectivity index (χ3n) is 2.17. The first-order chi connectivity index (χ1) is 6.97. The van der Waals surface area contributed by atoms with Gasteiger partial charge in [0.15, 0.2) is 0 Å². The SMILES string of the molecule is COc1c(Br)cc(C(C)C)cc1C(=O)O. The van der Waals surface area contributed by atoms with E-state index in [1.165, 1.54) is 7.11 Å². The fourth-order valence-corrected chi connectivity index (χ4v) is 1.95. The molecular formula is C11H13BrO3. The average molecular weight is 273 g/mol. The minimum atomic E-state index is -0.977. The topological polar surface area (TPSA) is 46.5 Å². The molecule has 0 radical (unpaired) electrons. The van der Waals surface area contributed by atoms with E-state index >= 15 is 0 Å². The summed E-state index contributed by atoms with van der Waals surface area (Å²) in [5.41, 5.74) is 1.16. The van der Waals surface area contributed by atoms with Crippen LogP contribution in [0.25, 0.3) is 0 Å². The normalized spacial score (nSPS) is 10.5. The van der Waals surface area contributed by atoms with Gasteiger partial charge >= 0.3 is 5.97 Å². The second kappa shape index (κ2) is 4.66. The molecule has 15 heavy (non-hydrogen) atoms. The van der Waals surface area contributed by atoms with E-state index in [1.54, 1.807) is 6.07 Å². The fraction of sp³-hybridized carbons (Fsp3) is 0.364. The van der Waals surface area contributed by atoms with Crippen molar-refractivity contribution in [2.24, 2.45) is 0 Å². The Morgan fingerprint density at radius 2 is 2.07 bits per heavy atom. The van der Waals surface area contributed by atoms with E-state index in [4.69, 9.17) is 9.84 Å². The van der Waals surface area contributed by atoms with E-state index in [0.717, 1.165) is 5.56 Å². The highest BCUT2D eigenvalue weighted by atomic mass is 79.9. The van der Waals surface area contributed by atoms with Crippen LogP contribution in [-0.4, -0.2) is 18.2 Å². The zero-order valence-electron chi connectivity index (χ0n) is 8.87. The number of methoxy groups -OCH3 is 1. The van der Waals surface area contributed by atoms with Crippen molar-refractivity contribution in [3.05, 3.63) is 27.7 Å². The minimum absolute atomic E-state index is 0.190. The molecule has 0 bridgehead atoms. The summed E-state index contributed by atoms with van der Waals surface area (Å²) in [5, 5.41) is 9.03. The highest BCUT2D eigenvalue weighted by Crippen LogP contribution is 2.32. The Hall–Kier alpha value is -1.03. The maximum atomic E-state index is 11.0. The summed E-state index contributed by atoms with van der Waals surface area (Å²) in [6.07, 6.45) is 0. The molecule has 1 N–H and O–H groups in total. The smallest absolute Gasteiger partial charge is 0.339 e. The molecule has 0 amide bonds. The molecule has 0 unspecified atom stereocenters. The molecule has 0 fully saturated rings. The molecule has 0 spiro atoms. The van der Waals surface area contributed by atoms with Gasteiger partial charge in [0.05, 0.1) is 11.6 Å². The lowest BCUT2D eigenvalue weighted by molar-refractivity contribution is 0.0693. The molecule has 1 aromatic rings. The Morgan fingerprint density at radius 3 is 2.47 bits per heavy atom. The van der Waals surface area contributed by atoms with Gasteiger partial charge in [-0.2, -0.15) is 0 Å². The van der Waals surface area contributed by atoms with Gasteiger partial charge in [-0.3, -0.25) is 0 Å². The molecule has 0 aliphatic rings. The van der Waals surface area contributed by atoms with Crippen molar-refractivity contribution in [2.45, 2.75) is 19.8 Å². The van der Waals surface area contributed by atoms with Crippen molar-refractivity contribution in [3.63, 3.8) is 0 Å². The van der Waals surface area contributed by atoms with Gasteiger partial charge in [0.1, 0.15) is 11.3 Å². The number of hydrogen-bond donors (Lipinski definition) is 1. The summed E-state index contributed by atoms with van der Waals surface area (Å²) in [7, 11) is 1.46. The van der Waals surface area contributed by atoms with E-state index in [9.17, 15) is 4.79 Å². The number of halogens is 1. The Morgan fingerprint density at radius 1 is 1.47 bits per heavy atom. The zero-order chi connectivity index (χ0) is 11.6. The predicted octanol–water partition coefficient (Wildman–Crippen LogP) is 3.28. The van der Waals surface area contributed by atoms with Crippen molar-refractivity contribution < 1.29 is 14.6 Å². The number of carbonyl (C=O) groups is 1. The Labute approximate surface area is 97.2 Å². The molecule has 1 aromatic carbocycles. The van der Waals surface area contributed by atoms with Crippen molar-refractivity contribution >= 4 is 21.9 Å². The maximum Gasteiger partial charge on any atom is 0.339 e. The zero-order valence-corrected chi connectivity index (χ0v) is 10.5. The van der Waals surface area contributed by atoms with Crippen molar-refractivity contribution in [3.8, 4) is 5.75 Å². The molecule has 82 valence electrons. The van der Waals surface area contributed by atoms with Crippen LogP contribution in [0.1, 0.15) is 35.7 Å². The lowest BCUT2D eigenvalue weighted by Gasteiger charge is -2.12. The molecule has 4 heteroatoms. The molecule has 0 saturated heterocycles. The van der Waals surface area contributed by atoms with E-state index < -0.39 is 5.97 Å². The van der Waals surface area contributed by atoms with Gasteiger partial charge in [-0.25, -0.2) is 4.79 Å². The Balaban J connectivity index is 3.38. The van der Waals surface area contributed by atoms with Crippen LogP contribution in [0, 0.1) is 0 Å². The standard InChI is InChI=1S/C11H13BrO3/c1-6(2)7-4-8(11(13)14)10(15-3)9(12)5-7/h4-6H,1-3H3,(H,13,14). The Bertz CT molecular complexity index is 386. The third-order valence-corrected chi connectivity index (χ3v) is 2.76. The predicted molar refractivity (Wildman–Crippen MR) is 61.7 cm³/mol. The molecule has 0 aliphatic carbocycles. The first kappa shape index (κ1) is 12.0. The van der Waals surface area contributed by atoms with Crippen LogP contribution >= 0.6 is 15.9 Å². The number of aromatic carboxylic acids is 1. The largest absolute Gasteiger partial charge is 0.495 e. The number of carboxylic acids is 1. The third kappa shape index (κ3) is 2.50. The van der Waals surface area contributed by atoms with Crippen molar-refractivity contribution in [1.82, 2.24) is 0 Å². The first-order valence-corrected chi connectivity index (χ1v) is 5.37. The summed E-state index contributed by atoms with van der Waals surface area (Å²) in [6, 6.07) is 3.53. The maximum absolute atomic E-state index is 11.0. The van der Waals surface area contributed by atoms with Gasteiger partial charge in [0.25, 0.3) is 0 Å². The molecular weight excluding hydrogens is 260 g/mol. The van der Waals surface area contributed by atoms with E-state index in [2.05, 4.69) is 15.9 Å². The average Bonchev–Trinajstić information content (AvgIpc) is 2.16. The van der Waals surface area contributed by atoms with Gasteiger partial charge in [0.2, 0.25) is 0 Å². The molecule has 0 atom stereocenters.